The van der Waals surface area contributed by atoms with Gasteiger partial charge in [0.1, 0.15) is 12.7 Å². The summed E-state index contributed by atoms with van der Waals surface area (Å²) in [6, 6.07) is 0. The quantitative estimate of drug-likeness (QED) is 0.0178. The minimum absolute atomic E-state index is 0.0860. The van der Waals surface area contributed by atoms with Crippen molar-refractivity contribution in [1.82, 2.24) is 0 Å². The van der Waals surface area contributed by atoms with Crippen molar-refractivity contribution in [3.63, 3.8) is 0 Å². The molecule has 0 bridgehead atoms. The third kappa shape index (κ3) is 34.3. The fourth-order valence-corrected chi connectivity index (χ4v) is 6.48. The van der Waals surface area contributed by atoms with Crippen LogP contribution >= 0.6 is 7.82 Å². The molecule has 1 aliphatic rings. The number of rotatable bonds is 39. The fraction of sp³-hybridized carbons (Fsp3) is 0.696. The molecule has 11 nitrogen and oxygen atoms in total. The molecule has 332 valence electrons. The number of epoxide rings is 1. The van der Waals surface area contributed by atoms with E-state index in [1.807, 2.05) is 12.2 Å². The number of phosphoric ester groups is 1. The molecule has 0 aromatic carbocycles. The number of carbonyl (C=O) groups is 2. The first-order chi connectivity index (χ1) is 28.2. The zero-order valence-electron chi connectivity index (χ0n) is 35.7. The zero-order valence-corrected chi connectivity index (χ0v) is 36.6. The van der Waals surface area contributed by atoms with Gasteiger partial charge in [0.2, 0.25) is 0 Å². The Morgan fingerprint density at radius 3 is 1.66 bits per heavy atom. The first-order valence-corrected chi connectivity index (χ1v) is 23.5. The third-order valence-corrected chi connectivity index (χ3v) is 10.2. The zero-order chi connectivity index (χ0) is 42.4. The largest absolute Gasteiger partial charge is 0.472 e. The maximum absolute atomic E-state index is 12.6. The van der Waals surface area contributed by atoms with E-state index in [4.69, 9.17) is 23.8 Å². The summed E-state index contributed by atoms with van der Waals surface area (Å²) in [5.74, 6) is -1.07. The van der Waals surface area contributed by atoms with E-state index in [9.17, 15) is 24.2 Å². The van der Waals surface area contributed by atoms with Crippen LogP contribution in [0.3, 0.4) is 0 Å². The molecule has 1 rings (SSSR count). The average molecular weight is 837 g/mol. The van der Waals surface area contributed by atoms with Gasteiger partial charge in [0.05, 0.1) is 32.0 Å². The highest BCUT2D eigenvalue weighted by Crippen LogP contribution is 2.43. The molecule has 0 amide bonds. The van der Waals surface area contributed by atoms with Crippen molar-refractivity contribution in [1.29, 1.82) is 0 Å². The molecule has 1 fully saturated rings. The van der Waals surface area contributed by atoms with E-state index in [0.29, 0.717) is 25.7 Å². The molecule has 5 atom stereocenters. The van der Waals surface area contributed by atoms with Crippen molar-refractivity contribution in [2.24, 2.45) is 0 Å². The number of hydrogen-bond donors (Lipinski definition) is 3. The van der Waals surface area contributed by atoms with E-state index in [1.165, 1.54) is 57.8 Å². The molecule has 1 saturated heterocycles. The van der Waals surface area contributed by atoms with Crippen LogP contribution in [0.5, 0.6) is 0 Å². The van der Waals surface area contributed by atoms with E-state index in [2.05, 4.69) is 79.1 Å². The van der Waals surface area contributed by atoms with E-state index in [-0.39, 0.29) is 31.7 Å². The van der Waals surface area contributed by atoms with Crippen LogP contribution in [0, 0.1) is 0 Å². The van der Waals surface area contributed by atoms with E-state index in [0.717, 1.165) is 44.9 Å². The highest BCUT2D eigenvalue weighted by molar-refractivity contribution is 7.47. The number of ether oxygens (including phenoxy) is 3. The second-order valence-electron chi connectivity index (χ2n) is 14.7. The Morgan fingerprint density at radius 2 is 1.05 bits per heavy atom. The van der Waals surface area contributed by atoms with Crippen molar-refractivity contribution in [2.75, 3.05) is 26.4 Å². The molecule has 0 aromatic heterocycles. The van der Waals surface area contributed by atoms with Gasteiger partial charge in [0.15, 0.2) is 6.10 Å². The molecule has 0 radical (unpaired) electrons. The van der Waals surface area contributed by atoms with Gasteiger partial charge in [0.25, 0.3) is 0 Å². The van der Waals surface area contributed by atoms with Gasteiger partial charge in [-0.3, -0.25) is 18.6 Å². The minimum Gasteiger partial charge on any atom is -0.462 e. The Hall–Kier alpha value is -2.63. The molecular weight excluding hydrogens is 759 g/mol. The van der Waals surface area contributed by atoms with Crippen LogP contribution in [-0.2, 0) is 37.4 Å². The summed E-state index contributed by atoms with van der Waals surface area (Å²) in [4.78, 5) is 35.0. The molecule has 58 heavy (non-hydrogen) atoms. The van der Waals surface area contributed by atoms with Gasteiger partial charge in [0, 0.05) is 12.8 Å². The van der Waals surface area contributed by atoms with Crippen LogP contribution in [0.2, 0.25) is 0 Å². The maximum atomic E-state index is 12.6. The number of carbonyl (C=O) groups excluding carboxylic acids is 2. The van der Waals surface area contributed by atoms with Gasteiger partial charge in [-0.1, -0.05) is 132 Å². The first-order valence-electron chi connectivity index (χ1n) is 22.0. The van der Waals surface area contributed by atoms with E-state index >= 15 is 0 Å². The van der Waals surface area contributed by atoms with Crippen molar-refractivity contribution in [3.8, 4) is 0 Å². The van der Waals surface area contributed by atoms with Gasteiger partial charge >= 0.3 is 19.8 Å². The molecule has 3 N–H and O–H groups in total. The lowest BCUT2D eigenvalue weighted by molar-refractivity contribution is -0.161. The summed E-state index contributed by atoms with van der Waals surface area (Å²) in [6.45, 7) is 2.19. The minimum atomic E-state index is -4.65. The monoisotopic (exact) mass is 837 g/mol. The number of unbranched alkanes of at least 4 members (excludes halogenated alkanes) is 11. The molecule has 0 aliphatic carbocycles. The Kier molecular flexibility index (Phi) is 34.4. The van der Waals surface area contributed by atoms with Gasteiger partial charge in [-0.15, -0.1) is 0 Å². The lowest BCUT2D eigenvalue weighted by atomic mass is 10.1. The number of aliphatic hydroxyl groups excluding tert-OH is 2. The van der Waals surface area contributed by atoms with Crippen LogP contribution in [0.4, 0.5) is 0 Å². The topological polar surface area (TPSA) is 161 Å². The number of phosphoric acid groups is 1. The molecule has 0 aromatic rings. The Labute approximate surface area is 350 Å². The van der Waals surface area contributed by atoms with Gasteiger partial charge < -0.3 is 29.3 Å². The molecule has 0 saturated carbocycles. The van der Waals surface area contributed by atoms with Gasteiger partial charge in [-0.05, 0) is 83.5 Å². The first kappa shape index (κ1) is 53.4. The maximum Gasteiger partial charge on any atom is 0.472 e. The molecule has 3 unspecified atom stereocenters. The van der Waals surface area contributed by atoms with Crippen molar-refractivity contribution >= 4 is 19.8 Å². The fourth-order valence-electron chi connectivity index (χ4n) is 5.69. The SMILES string of the molecule is CCCCC/C=C\C/C=C\CC1OC1C/C=C\CCCC(=O)O[C@H](COC(=O)CCC/C=C\C/C=C\C/C=C\CCCCCCCC)COP(=O)(O)OC[C@@H](O)CO. The van der Waals surface area contributed by atoms with Crippen LogP contribution < -0.4 is 0 Å². The lowest BCUT2D eigenvalue weighted by Crippen LogP contribution is -2.29. The Balaban J connectivity index is 2.34. The van der Waals surface area contributed by atoms with Crippen LogP contribution in [0.15, 0.2) is 72.9 Å². The standard InChI is InChI=1S/C46H77O11P/c1-3-5-7-9-11-13-14-15-16-17-18-19-20-22-24-26-31-35-45(49)53-39-42(40-55-58(51,52)54-38-41(48)37-47)56-46(50)36-32-28-27-30-34-44-43(57-44)33-29-25-23-21-12-10-8-6-4-2/h12,15-16,18-19,21-22,24-25,27,29-30,41-44,47-48H,3-11,13-14,17,20,23,26,28,31-40H2,1-2H3,(H,51,52)/b16-15-,19-18-,21-12-,24-22-,29-25-,30-27-/t41-,42+,43?,44?/m0/s1. The number of aliphatic hydroxyl groups is 2. The van der Waals surface area contributed by atoms with E-state index < -0.39 is 51.8 Å². The predicted octanol–water partition coefficient (Wildman–Crippen LogP) is 10.7. The number of hydrogen-bond acceptors (Lipinski definition) is 10. The second-order valence-corrected chi connectivity index (χ2v) is 16.2. The predicted molar refractivity (Wildman–Crippen MR) is 232 cm³/mol. The summed E-state index contributed by atoms with van der Waals surface area (Å²) in [7, 11) is -4.65. The smallest absolute Gasteiger partial charge is 0.462 e. The van der Waals surface area contributed by atoms with Gasteiger partial charge in [-0.25, -0.2) is 4.57 Å². The van der Waals surface area contributed by atoms with Crippen molar-refractivity contribution in [3.05, 3.63) is 72.9 Å². The normalized spacial score (nSPS) is 18.0. The molecule has 1 aliphatic heterocycles. The molecule has 12 heteroatoms. The average Bonchev–Trinajstić information content (AvgIpc) is 3.97. The summed E-state index contributed by atoms with van der Waals surface area (Å²) >= 11 is 0. The van der Waals surface area contributed by atoms with Crippen molar-refractivity contribution < 1.29 is 52.5 Å². The number of esters is 2. The Morgan fingerprint density at radius 1 is 0.603 bits per heavy atom. The summed E-state index contributed by atoms with van der Waals surface area (Å²) in [6.07, 6.45) is 44.8. The highest BCUT2D eigenvalue weighted by atomic mass is 31.2. The van der Waals surface area contributed by atoms with Crippen LogP contribution in [-0.4, -0.2) is 77.9 Å². The van der Waals surface area contributed by atoms with Crippen LogP contribution in [0.1, 0.15) is 155 Å². The van der Waals surface area contributed by atoms with Crippen LogP contribution in [0.25, 0.3) is 0 Å². The van der Waals surface area contributed by atoms with Gasteiger partial charge in [-0.2, -0.15) is 0 Å². The Bertz CT molecular complexity index is 1260. The summed E-state index contributed by atoms with van der Waals surface area (Å²) < 4.78 is 38.4. The summed E-state index contributed by atoms with van der Waals surface area (Å²) in [5, 5.41) is 18.3. The number of allylic oxidation sites excluding steroid dienone is 10. The second kappa shape index (κ2) is 37.4. The lowest BCUT2D eigenvalue weighted by Gasteiger charge is -2.20. The van der Waals surface area contributed by atoms with Crippen molar-refractivity contribution in [2.45, 2.75) is 180 Å². The molecule has 0 spiro atoms. The highest BCUT2D eigenvalue weighted by Gasteiger charge is 2.36. The van der Waals surface area contributed by atoms with E-state index in [1.54, 1.807) is 0 Å². The summed E-state index contributed by atoms with van der Waals surface area (Å²) in [5.41, 5.74) is 0. The molecular formula is C46H77O11P. The third-order valence-electron chi connectivity index (χ3n) is 9.24. The molecule has 1 heterocycles.